The maximum atomic E-state index is 15.1. The number of esters is 1. The SMILES string of the molecule is CCN1CCN(c2ccc3oc([C@H](CN4Cc5ccc(OC)c(F)c5C4=O)NC(=O)N(C=O)COC(=O)C(C)(C)C)cc3n2)CC1. The Bertz CT molecular complexity index is 1630. The number of hydrogen-bond donors (Lipinski definition) is 1. The van der Waals surface area contributed by atoms with Crippen molar-refractivity contribution in [3.63, 3.8) is 0 Å². The lowest BCUT2D eigenvalue weighted by atomic mass is 9.98. The van der Waals surface area contributed by atoms with Gasteiger partial charge in [-0.1, -0.05) is 13.0 Å². The van der Waals surface area contributed by atoms with Crippen LogP contribution in [0.15, 0.2) is 34.7 Å². The normalized spacial score (nSPS) is 15.9. The van der Waals surface area contributed by atoms with Crippen LogP contribution in [0, 0.1) is 11.2 Å². The fourth-order valence-electron chi connectivity index (χ4n) is 5.41. The highest BCUT2D eigenvalue weighted by molar-refractivity contribution is 5.99. The summed E-state index contributed by atoms with van der Waals surface area (Å²) in [5.41, 5.74) is 0.523. The maximum Gasteiger partial charge on any atom is 0.327 e. The third-order valence-electron chi connectivity index (χ3n) is 8.18. The highest BCUT2D eigenvalue weighted by Gasteiger charge is 2.36. The van der Waals surface area contributed by atoms with Gasteiger partial charge in [0.25, 0.3) is 5.91 Å². The summed E-state index contributed by atoms with van der Waals surface area (Å²) in [5, 5.41) is 2.72. The average Bonchev–Trinajstić information content (AvgIpc) is 3.61. The summed E-state index contributed by atoms with van der Waals surface area (Å²) >= 11 is 0. The third kappa shape index (κ3) is 6.76. The number of anilines is 1. The average molecular weight is 639 g/mol. The fourth-order valence-corrected chi connectivity index (χ4v) is 5.41. The van der Waals surface area contributed by atoms with Gasteiger partial charge >= 0.3 is 12.0 Å². The number of aromatic nitrogens is 1. The first-order chi connectivity index (χ1) is 21.9. The quantitative estimate of drug-likeness (QED) is 0.199. The molecular weight excluding hydrogens is 599 g/mol. The van der Waals surface area contributed by atoms with Gasteiger partial charge in [-0.3, -0.25) is 14.4 Å². The molecule has 0 radical (unpaired) electrons. The predicted octanol–water partition coefficient (Wildman–Crippen LogP) is 3.53. The molecule has 0 aliphatic carbocycles. The Kier molecular flexibility index (Phi) is 9.47. The summed E-state index contributed by atoms with van der Waals surface area (Å²) in [6.45, 7) is 10.9. The van der Waals surface area contributed by atoms with Crippen LogP contribution in [0.3, 0.4) is 0 Å². The summed E-state index contributed by atoms with van der Waals surface area (Å²) < 4.78 is 31.4. The van der Waals surface area contributed by atoms with Crippen LogP contribution in [0.1, 0.15) is 55.4 Å². The molecule has 0 unspecified atom stereocenters. The number of pyridine rings is 1. The van der Waals surface area contributed by atoms with Gasteiger partial charge in [-0.05, 0) is 51.1 Å². The smallest absolute Gasteiger partial charge is 0.327 e. The Labute approximate surface area is 266 Å². The van der Waals surface area contributed by atoms with Crippen LogP contribution in [-0.4, -0.2) is 97.1 Å². The van der Waals surface area contributed by atoms with E-state index in [1.54, 1.807) is 39.0 Å². The Morgan fingerprint density at radius 1 is 1.17 bits per heavy atom. The van der Waals surface area contributed by atoms with E-state index in [9.17, 15) is 19.2 Å². The van der Waals surface area contributed by atoms with E-state index in [0.29, 0.717) is 21.6 Å². The minimum Gasteiger partial charge on any atom is -0.494 e. The molecule has 2 aliphatic rings. The van der Waals surface area contributed by atoms with Gasteiger partial charge in [0.1, 0.15) is 23.1 Å². The number of rotatable bonds is 10. The van der Waals surface area contributed by atoms with Crippen molar-refractivity contribution in [2.24, 2.45) is 5.41 Å². The number of nitrogens with zero attached hydrogens (tertiary/aromatic N) is 5. The van der Waals surface area contributed by atoms with Gasteiger partial charge in [0, 0.05) is 45.3 Å². The van der Waals surface area contributed by atoms with Crippen molar-refractivity contribution in [3.8, 4) is 5.75 Å². The summed E-state index contributed by atoms with van der Waals surface area (Å²) in [5.74, 6) is -0.945. The Morgan fingerprint density at radius 3 is 2.57 bits per heavy atom. The lowest BCUT2D eigenvalue weighted by Crippen LogP contribution is -2.46. The van der Waals surface area contributed by atoms with Crippen molar-refractivity contribution in [1.29, 1.82) is 0 Å². The predicted molar refractivity (Wildman–Crippen MR) is 166 cm³/mol. The Hall–Kier alpha value is -4.72. The molecule has 0 bridgehead atoms. The van der Waals surface area contributed by atoms with Crippen molar-refractivity contribution in [2.75, 3.05) is 58.0 Å². The number of carbonyl (C=O) groups excluding carboxylic acids is 4. The molecule has 5 rings (SSSR count). The number of amides is 4. The van der Waals surface area contributed by atoms with Crippen molar-refractivity contribution in [1.82, 2.24) is 25.0 Å². The molecule has 246 valence electrons. The number of likely N-dealkylation sites (N-methyl/N-ethyl adjacent to an activating group) is 1. The zero-order valence-electron chi connectivity index (χ0n) is 26.7. The van der Waals surface area contributed by atoms with Crippen molar-refractivity contribution in [3.05, 3.63) is 53.0 Å². The van der Waals surface area contributed by atoms with Crippen LogP contribution in [0.2, 0.25) is 0 Å². The van der Waals surface area contributed by atoms with Crippen molar-refractivity contribution in [2.45, 2.75) is 40.3 Å². The first-order valence-corrected chi connectivity index (χ1v) is 15.2. The number of ether oxygens (including phenoxy) is 2. The molecule has 4 amide bonds. The number of hydrogen-bond acceptors (Lipinski definition) is 10. The zero-order chi connectivity index (χ0) is 33.2. The van der Waals surface area contributed by atoms with E-state index in [1.165, 1.54) is 18.1 Å². The summed E-state index contributed by atoms with van der Waals surface area (Å²) in [7, 11) is 1.32. The Balaban J connectivity index is 1.41. The molecule has 3 aromatic rings. The number of piperazine rings is 1. The van der Waals surface area contributed by atoms with Gasteiger partial charge < -0.3 is 33.9 Å². The number of benzene rings is 1. The summed E-state index contributed by atoms with van der Waals surface area (Å²) in [6, 6.07) is 6.55. The molecule has 46 heavy (non-hydrogen) atoms. The zero-order valence-corrected chi connectivity index (χ0v) is 26.7. The number of carbonyl (C=O) groups is 4. The molecule has 4 heterocycles. The summed E-state index contributed by atoms with van der Waals surface area (Å²) in [4.78, 5) is 62.2. The molecule has 1 atom stereocenters. The number of nitrogens with one attached hydrogen (secondary N) is 1. The number of halogens is 1. The van der Waals surface area contributed by atoms with Crippen LogP contribution in [0.4, 0.5) is 15.0 Å². The van der Waals surface area contributed by atoms with Gasteiger partial charge in [0.2, 0.25) is 6.41 Å². The van der Waals surface area contributed by atoms with Gasteiger partial charge in [-0.25, -0.2) is 19.1 Å². The molecular formula is C32H39FN6O7. The molecule has 2 aliphatic heterocycles. The van der Waals surface area contributed by atoms with E-state index in [1.807, 2.05) is 6.07 Å². The van der Waals surface area contributed by atoms with E-state index < -0.39 is 41.9 Å². The molecule has 1 aromatic carbocycles. The summed E-state index contributed by atoms with van der Waals surface area (Å²) in [6.07, 6.45) is 0.242. The van der Waals surface area contributed by atoms with Crippen LogP contribution >= 0.6 is 0 Å². The van der Waals surface area contributed by atoms with Gasteiger partial charge in [0.05, 0.1) is 18.1 Å². The third-order valence-corrected chi connectivity index (χ3v) is 8.18. The van der Waals surface area contributed by atoms with E-state index in [4.69, 9.17) is 18.9 Å². The fraction of sp³-hybridized carbons (Fsp3) is 0.469. The van der Waals surface area contributed by atoms with Gasteiger partial charge in [-0.15, -0.1) is 0 Å². The molecule has 2 aromatic heterocycles. The van der Waals surface area contributed by atoms with E-state index in [-0.39, 0.29) is 36.6 Å². The Morgan fingerprint density at radius 2 is 1.91 bits per heavy atom. The number of furan rings is 1. The first kappa shape index (κ1) is 32.7. The van der Waals surface area contributed by atoms with E-state index >= 15 is 4.39 Å². The molecule has 0 saturated carbocycles. The number of methoxy groups -OCH3 is 1. The minimum atomic E-state index is -0.984. The largest absolute Gasteiger partial charge is 0.494 e. The molecule has 14 heteroatoms. The second-order valence-electron chi connectivity index (χ2n) is 12.3. The lowest BCUT2D eigenvalue weighted by molar-refractivity contribution is -0.157. The number of urea groups is 1. The maximum absolute atomic E-state index is 15.1. The molecule has 1 saturated heterocycles. The minimum absolute atomic E-state index is 0.0551. The first-order valence-electron chi connectivity index (χ1n) is 15.2. The van der Waals surface area contributed by atoms with Gasteiger partial charge in [0.15, 0.2) is 23.9 Å². The molecule has 13 nitrogen and oxygen atoms in total. The van der Waals surface area contributed by atoms with Gasteiger partial charge in [-0.2, -0.15) is 0 Å². The molecule has 1 N–H and O–H groups in total. The van der Waals surface area contributed by atoms with Crippen LogP contribution in [0.25, 0.3) is 11.1 Å². The number of fused-ring (bicyclic) bond motifs is 2. The lowest BCUT2D eigenvalue weighted by Gasteiger charge is -2.34. The van der Waals surface area contributed by atoms with Crippen LogP contribution < -0.4 is 15.0 Å². The monoisotopic (exact) mass is 638 g/mol. The topological polar surface area (TPSA) is 138 Å². The van der Waals surface area contributed by atoms with Crippen LogP contribution in [-0.2, 0) is 20.9 Å². The molecule has 0 spiro atoms. The second kappa shape index (κ2) is 13.3. The van der Waals surface area contributed by atoms with Crippen molar-refractivity contribution >= 4 is 41.2 Å². The standard InChI is InChI=1S/C32H39FN6O7/c1-6-36-11-13-37(14-12-36)26-10-9-23-21(34-26)15-25(46-23)22(35-31(43)39(18-40)19-45-30(42)32(2,3)4)17-38-16-20-7-8-24(44-5)28(33)27(20)29(38)41/h7-10,15,18,22H,6,11-14,16-17,19H2,1-5H3,(H,35,43)/t22-/m0/s1. The second-order valence-corrected chi connectivity index (χ2v) is 12.3. The number of imide groups is 1. The highest BCUT2D eigenvalue weighted by Crippen LogP contribution is 2.33. The van der Waals surface area contributed by atoms with Crippen LogP contribution in [0.5, 0.6) is 5.75 Å². The molecule has 1 fully saturated rings. The van der Waals surface area contributed by atoms with E-state index in [0.717, 1.165) is 38.5 Å². The van der Waals surface area contributed by atoms with E-state index in [2.05, 4.69) is 22.0 Å². The highest BCUT2D eigenvalue weighted by atomic mass is 19.1. The van der Waals surface area contributed by atoms with Crippen molar-refractivity contribution < 1.29 is 37.5 Å².